The third kappa shape index (κ3) is 18.0. The van der Waals surface area contributed by atoms with E-state index in [1.165, 1.54) is 127 Å². The largest absolute Gasteiger partial charge is 0.316 e. The second-order valence-corrected chi connectivity index (χ2v) is 9.17. The smallest absolute Gasteiger partial charge is 0.000835 e. The molecule has 0 aliphatic carbocycles. The summed E-state index contributed by atoms with van der Waals surface area (Å²) in [5.74, 6) is 0. The Kier molecular flexibility index (Phi) is 19.5. The Morgan fingerprint density at radius 3 is 1.42 bits per heavy atom. The molecule has 0 aliphatic rings. The van der Waals surface area contributed by atoms with Crippen LogP contribution in [0.5, 0.6) is 0 Å². The third-order valence-electron chi connectivity index (χ3n) is 6.25. The Bertz CT molecular complexity index is 516. The van der Waals surface area contributed by atoms with E-state index in [4.69, 9.17) is 0 Å². The molecule has 1 aromatic rings. The van der Waals surface area contributed by atoms with Gasteiger partial charge in [0.25, 0.3) is 0 Å². The number of unbranched alkanes of at least 4 members (excludes halogenated alkanes) is 14. The van der Waals surface area contributed by atoms with Crippen LogP contribution in [0.4, 0.5) is 0 Å². The summed E-state index contributed by atoms with van der Waals surface area (Å²) in [6.45, 7) is 9.85. The number of nitrogens with one attached hydrogen (secondary N) is 1. The molecule has 0 saturated carbocycles. The van der Waals surface area contributed by atoms with E-state index in [2.05, 4.69) is 42.7 Å². The maximum Gasteiger partial charge on any atom is -0.000835 e. The summed E-state index contributed by atoms with van der Waals surface area (Å²) in [7, 11) is 0. The van der Waals surface area contributed by atoms with Crippen LogP contribution >= 0.6 is 0 Å². The molecule has 1 heteroatoms. The minimum atomic E-state index is 1.10. The Labute approximate surface area is 194 Å². The molecule has 1 N–H and O–H groups in total. The van der Waals surface area contributed by atoms with Gasteiger partial charge in [-0.05, 0) is 75.6 Å². The van der Waals surface area contributed by atoms with E-state index >= 15 is 0 Å². The number of allylic oxidation sites excluding steroid dienone is 2. The first-order valence-electron chi connectivity index (χ1n) is 13.4. The van der Waals surface area contributed by atoms with Gasteiger partial charge in [0.2, 0.25) is 0 Å². The highest BCUT2D eigenvalue weighted by Crippen LogP contribution is 2.13. The molecule has 0 bridgehead atoms. The third-order valence-corrected chi connectivity index (χ3v) is 6.25. The quantitative estimate of drug-likeness (QED) is 0.136. The summed E-state index contributed by atoms with van der Waals surface area (Å²) < 4.78 is 0. The van der Waals surface area contributed by atoms with Crippen molar-refractivity contribution in [2.75, 3.05) is 13.1 Å². The van der Waals surface area contributed by atoms with Crippen molar-refractivity contribution in [2.45, 2.75) is 116 Å². The SMILES string of the molecule is C=CCCCCCCCCCNCCc1ccc(CCCCCCCCCC=C)cc1. The van der Waals surface area contributed by atoms with Gasteiger partial charge in [-0.1, -0.05) is 101 Å². The van der Waals surface area contributed by atoms with Crippen LogP contribution in [0, 0.1) is 0 Å². The van der Waals surface area contributed by atoms with Crippen LogP contribution in [0.1, 0.15) is 114 Å². The minimum absolute atomic E-state index is 1.10. The fourth-order valence-electron chi connectivity index (χ4n) is 4.15. The van der Waals surface area contributed by atoms with E-state index in [0.717, 1.165) is 13.0 Å². The number of benzene rings is 1. The maximum absolute atomic E-state index is 3.79. The summed E-state index contributed by atoms with van der Waals surface area (Å²) in [5, 5.41) is 3.62. The highest BCUT2D eigenvalue weighted by atomic mass is 14.8. The van der Waals surface area contributed by atoms with E-state index in [0.29, 0.717) is 0 Å². The Morgan fingerprint density at radius 2 is 0.903 bits per heavy atom. The topological polar surface area (TPSA) is 12.0 Å². The van der Waals surface area contributed by atoms with Gasteiger partial charge in [-0.15, -0.1) is 13.2 Å². The fraction of sp³-hybridized carbons (Fsp3) is 0.667. The molecule has 0 spiro atoms. The van der Waals surface area contributed by atoms with E-state index in [-0.39, 0.29) is 0 Å². The van der Waals surface area contributed by atoms with Crippen molar-refractivity contribution in [2.24, 2.45) is 0 Å². The van der Waals surface area contributed by atoms with Crippen molar-refractivity contribution in [3.63, 3.8) is 0 Å². The molecule has 1 nitrogen and oxygen atoms in total. The first kappa shape index (κ1) is 27.7. The molecule has 0 aliphatic heterocycles. The summed E-state index contributed by atoms with van der Waals surface area (Å²) in [6.07, 6.45) is 28.0. The molecule has 0 fully saturated rings. The second-order valence-electron chi connectivity index (χ2n) is 9.17. The van der Waals surface area contributed by atoms with Crippen molar-refractivity contribution < 1.29 is 0 Å². The molecule has 1 rings (SSSR count). The van der Waals surface area contributed by atoms with E-state index in [9.17, 15) is 0 Å². The van der Waals surface area contributed by atoms with Crippen LogP contribution in [0.25, 0.3) is 0 Å². The van der Waals surface area contributed by atoms with Crippen LogP contribution in [0.2, 0.25) is 0 Å². The zero-order valence-corrected chi connectivity index (χ0v) is 20.5. The van der Waals surface area contributed by atoms with Gasteiger partial charge in [0.1, 0.15) is 0 Å². The standard InChI is InChI=1S/C30H51N/c1-3-5-7-9-11-13-15-17-19-21-29-22-24-30(25-23-29)26-28-31-27-20-18-16-14-12-10-8-6-4-2/h3-4,22-25,31H,1-2,5-21,26-28H2. The highest BCUT2D eigenvalue weighted by molar-refractivity contribution is 5.22. The van der Waals surface area contributed by atoms with Crippen molar-refractivity contribution in [1.29, 1.82) is 0 Å². The van der Waals surface area contributed by atoms with Gasteiger partial charge in [0.05, 0.1) is 0 Å². The van der Waals surface area contributed by atoms with E-state index in [1.54, 1.807) is 0 Å². The number of hydrogen-bond acceptors (Lipinski definition) is 1. The molecule has 176 valence electrons. The molecular weight excluding hydrogens is 374 g/mol. The van der Waals surface area contributed by atoms with Gasteiger partial charge in [-0.25, -0.2) is 0 Å². The van der Waals surface area contributed by atoms with Crippen molar-refractivity contribution >= 4 is 0 Å². The lowest BCUT2D eigenvalue weighted by Gasteiger charge is -2.07. The van der Waals surface area contributed by atoms with Gasteiger partial charge in [0, 0.05) is 0 Å². The fourth-order valence-corrected chi connectivity index (χ4v) is 4.15. The van der Waals surface area contributed by atoms with Gasteiger partial charge >= 0.3 is 0 Å². The highest BCUT2D eigenvalue weighted by Gasteiger charge is 1.98. The lowest BCUT2D eigenvalue weighted by molar-refractivity contribution is 0.559. The zero-order chi connectivity index (χ0) is 22.2. The Hall–Kier alpha value is -1.34. The Balaban J connectivity index is 1.91. The minimum Gasteiger partial charge on any atom is -0.316 e. The normalized spacial score (nSPS) is 11.0. The average molecular weight is 426 g/mol. The summed E-state index contributed by atoms with van der Waals surface area (Å²) in [6, 6.07) is 9.37. The molecule has 0 radical (unpaired) electrons. The molecule has 0 heterocycles. The monoisotopic (exact) mass is 425 g/mol. The molecule has 0 unspecified atom stereocenters. The molecule has 31 heavy (non-hydrogen) atoms. The van der Waals surface area contributed by atoms with Crippen LogP contribution in [-0.4, -0.2) is 13.1 Å². The van der Waals surface area contributed by atoms with Crippen molar-refractivity contribution in [3.8, 4) is 0 Å². The van der Waals surface area contributed by atoms with Crippen molar-refractivity contribution in [1.82, 2.24) is 5.32 Å². The predicted molar refractivity (Wildman–Crippen MR) is 141 cm³/mol. The molecule has 1 aromatic carbocycles. The molecule has 0 amide bonds. The molecule has 0 atom stereocenters. The van der Waals surface area contributed by atoms with Crippen LogP contribution in [0.15, 0.2) is 49.6 Å². The number of aryl methyl sites for hydroxylation is 1. The van der Waals surface area contributed by atoms with Crippen LogP contribution in [-0.2, 0) is 12.8 Å². The predicted octanol–water partition coefficient (Wildman–Crippen LogP) is 8.97. The lowest BCUT2D eigenvalue weighted by Crippen LogP contribution is -2.18. The molecule has 0 aromatic heterocycles. The van der Waals surface area contributed by atoms with Crippen molar-refractivity contribution in [3.05, 3.63) is 60.7 Å². The Morgan fingerprint density at radius 1 is 0.484 bits per heavy atom. The van der Waals surface area contributed by atoms with Crippen LogP contribution < -0.4 is 5.32 Å². The summed E-state index contributed by atoms with van der Waals surface area (Å²) in [5.41, 5.74) is 2.97. The lowest BCUT2D eigenvalue weighted by atomic mass is 10.0. The second kappa shape index (κ2) is 21.9. The van der Waals surface area contributed by atoms with Gasteiger partial charge in [-0.2, -0.15) is 0 Å². The maximum atomic E-state index is 3.79. The van der Waals surface area contributed by atoms with Gasteiger partial charge in [-0.3, -0.25) is 0 Å². The average Bonchev–Trinajstić information content (AvgIpc) is 2.79. The van der Waals surface area contributed by atoms with E-state index in [1.807, 2.05) is 12.2 Å². The first-order chi connectivity index (χ1) is 15.4. The van der Waals surface area contributed by atoms with Gasteiger partial charge < -0.3 is 5.32 Å². The molecule has 0 saturated heterocycles. The van der Waals surface area contributed by atoms with Gasteiger partial charge in [0.15, 0.2) is 0 Å². The van der Waals surface area contributed by atoms with E-state index < -0.39 is 0 Å². The summed E-state index contributed by atoms with van der Waals surface area (Å²) >= 11 is 0. The molecular formula is C30H51N. The zero-order valence-electron chi connectivity index (χ0n) is 20.5. The number of rotatable bonds is 23. The summed E-state index contributed by atoms with van der Waals surface area (Å²) in [4.78, 5) is 0. The van der Waals surface area contributed by atoms with Crippen LogP contribution in [0.3, 0.4) is 0 Å². The first-order valence-corrected chi connectivity index (χ1v) is 13.4. The number of hydrogen-bond donors (Lipinski definition) is 1.